The van der Waals surface area contributed by atoms with E-state index in [0.717, 1.165) is 5.01 Å². The fraction of sp³-hybridized carbons (Fsp3) is 0.389. The first-order chi connectivity index (χ1) is 11.6. The van der Waals surface area contributed by atoms with Gasteiger partial charge in [0.2, 0.25) is 5.91 Å². The molecule has 2 aromatic carbocycles. The lowest BCUT2D eigenvalue weighted by atomic mass is 9.93. The van der Waals surface area contributed by atoms with Gasteiger partial charge in [-0.25, -0.2) is 5.01 Å². The molecule has 7 heteroatoms. The number of methoxy groups -OCH3 is 1. The number of carbonyl (C=O) groups excluding carboxylic acids is 1. The van der Waals surface area contributed by atoms with Crippen LogP contribution in [0.2, 0.25) is 0 Å². The molecule has 0 bridgehead atoms. The number of nitrogens with one attached hydrogen (secondary N) is 1. The molecule has 1 amide bonds. The van der Waals surface area contributed by atoms with Crippen molar-refractivity contribution in [3.63, 3.8) is 0 Å². The number of benzene rings is 2. The molecule has 25 heavy (non-hydrogen) atoms. The van der Waals surface area contributed by atoms with E-state index in [-0.39, 0.29) is 12.1 Å². The Morgan fingerprint density at radius 3 is 2.52 bits per heavy atom. The molecule has 3 rings (SSSR count). The molecule has 0 saturated carbocycles. The third kappa shape index (κ3) is 3.16. The van der Waals surface area contributed by atoms with Crippen molar-refractivity contribution in [1.29, 1.82) is 0 Å². The van der Waals surface area contributed by atoms with Gasteiger partial charge in [0.25, 0.3) is 0 Å². The molecule has 0 aliphatic carbocycles. The summed E-state index contributed by atoms with van der Waals surface area (Å²) in [6.07, 6.45) is -4.54. The molecule has 0 radical (unpaired) electrons. The number of fused-ring (bicyclic) bond motifs is 1. The minimum Gasteiger partial charge on any atom is -0.497 e. The number of alkyl halides is 3. The van der Waals surface area contributed by atoms with Crippen LogP contribution in [0.25, 0.3) is 10.8 Å². The smallest absolute Gasteiger partial charge is 0.409 e. The molecular formula is C18H19F3N2O2. The lowest BCUT2D eigenvalue weighted by Crippen LogP contribution is -2.43. The molecule has 4 nitrogen and oxygen atoms in total. The normalized spacial score (nSPS) is 19.0. The maximum absolute atomic E-state index is 13.9. The van der Waals surface area contributed by atoms with Crippen LogP contribution in [0.5, 0.6) is 5.75 Å². The summed E-state index contributed by atoms with van der Waals surface area (Å²) in [5, 5.41) is 2.11. The van der Waals surface area contributed by atoms with Gasteiger partial charge in [0.15, 0.2) is 6.04 Å². The van der Waals surface area contributed by atoms with Gasteiger partial charge in [-0.15, -0.1) is 0 Å². The van der Waals surface area contributed by atoms with Gasteiger partial charge in [0.05, 0.1) is 12.5 Å². The number of carbonyl (C=O) groups is 1. The second-order valence-electron chi connectivity index (χ2n) is 6.83. The number of amides is 1. The quantitative estimate of drug-likeness (QED) is 0.913. The average molecular weight is 352 g/mol. The van der Waals surface area contributed by atoms with Crippen LogP contribution in [0, 0.1) is 5.41 Å². The maximum Gasteiger partial charge on any atom is 0.409 e. The van der Waals surface area contributed by atoms with E-state index >= 15 is 0 Å². The summed E-state index contributed by atoms with van der Waals surface area (Å²) in [6, 6.07) is 7.79. The van der Waals surface area contributed by atoms with Crippen molar-refractivity contribution >= 4 is 16.7 Å². The number of hydrogen-bond donors (Lipinski definition) is 1. The molecule has 1 aliphatic rings. The van der Waals surface area contributed by atoms with Gasteiger partial charge in [-0.05, 0) is 42.3 Å². The molecule has 1 atom stereocenters. The van der Waals surface area contributed by atoms with Crippen molar-refractivity contribution in [2.24, 2.45) is 5.41 Å². The van der Waals surface area contributed by atoms with Crippen LogP contribution in [-0.4, -0.2) is 30.7 Å². The lowest BCUT2D eigenvalue weighted by molar-refractivity contribution is -0.191. The Hall–Kier alpha value is -2.28. The summed E-state index contributed by atoms with van der Waals surface area (Å²) in [5.74, 6) is 0.160. The van der Waals surface area contributed by atoms with E-state index in [1.165, 1.54) is 13.2 Å². The Morgan fingerprint density at radius 2 is 1.96 bits per heavy atom. The summed E-state index contributed by atoms with van der Waals surface area (Å²) in [4.78, 5) is 12.0. The fourth-order valence-corrected chi connectivity index (χ4v) is 3.15. The van der Waals surface area contributed by atoms with Gasteiger partial charge in [0.1, 0.15) is 5.75 Å². The van der Waals surface area contributed by atoms with Gasteiger partial charge >= 0.3 is 6.18 Å². The lowest BCUT2D eigenvalue weighted by Gasteiger charge is -2.30. The van der Waals surface area contributed by atoms with Gasteiger partial charge in [-0.2, -0.15) is 13.2 Å². The molecule has 0 aromatic heterocycles. The van der Waals surface area contributed by atoms with Crippen LogP contribution < -0.4 is 10.2 Å². The minimum absolute atomic E-state index is 0.0252. The zero-order valence-corrected chi connectivity index (χ0v) is 14.1. The van der Waals surface area contributed by atoms with Crippen molar-refractivity contribution < 1.29 is 22.7 Å². The minimum atomic E-state index is -4.54. The predicted octanol–water partition coefficient (Wildman–Crippen LogP) is 3.82. The van der Waals surface area contributed by atoms with Gasteiger partial charge in [-0.3, -0.25) is 10.2 Å². The Morgan fingerprint density at radius 1 is 1.24 bits per heavy atom. The van der Waals surface area contributed by atoms with Gasteiger partial charge in [-0.1, -0.05) is 24.3 Å². The number of ether oxygens (including phenoxy) is 1. The Balaban J connectivity index is 2.12. The van der Waals surface area contributed by atoms with E-state index in [0.29, 0.717) is 16.5 Å². The van der Waals surface area contributed by atoms with Crippen LogP contribution >= 0.6 is 0 Å². The zero-order valence-electron chi connectivity index (χ0n) is 14.1. The molecule has 1 saturated heterocycles. The van der Waals surface area contributed by atoms with E-state index in [2.05, 4.69) is 5.43 Å². The van der Waals surface area contributed by atoms with Crippen LogP contribution in [-0.2, 0) is 4.79 Å². The number of hydrazine groups is 1. The third-order valence-electron chi connectivity index (χ3n) is 4.46. The molecule has 1 aliphatic heterocycles. The van der Waals surface area contributed by atoms with Gasteiger partial charge in [0, 0.05) is 6.54 Å². The largest absolute Gasteiger partial charge is 0.497 e. The van der Waals surface area contributed by atoms with Crippen LogP contribution in [0.3, 0.4) is 0 Å². The number of rotatable bonds is 3. The van der Waals surface area contributed by atoms with Gasteiger partial charge < -0.3 is 4.74 Å². The van der Waals surface area contributed by atoms with E-state index in [9.17, 15) is 18.0 Å². The second kappa shape index (κ2) is 5.91. The maximum atomic E-state index is 13.9. The average Bonchev–Trinajstić information content (AvgIpc) is 2.78. The Labute approximate surface area is 143 Å². The molecular weight excluding hydrogens is 333 g/mol. The highest BCUT2D eigenvalue weighted by atomic mass is 19.4. The topological polar surface area (TPSA) is 41.6 Å². The first-order valence-corrected chi connectivity index (χ1v) is 7.84. The van der Waals surface area contributed by atoms with E-state index in [1.807, 2.05) is 0 Å². The summed E-state index contributed by atoms with van der Waals surface area (Å²) in [6.45, 7) is 3.23. The first kappa shape index (κ1) is 17.5. The molecule has 0 spiro atoms. The summed E-state index contributed by atoms with van der Waals surface area (Å²) in [7, 11) is 1.51. The van der Waals surface area contributed by atoms with Crippen LogP contribution in [0.15, 0.2) is 36.4 Å². The van der Waals surface area contributed by atoms with Crippen molar-refractivity contribution in [3.8, 4) is 5.75 Å². The SMILES string of the molecule is COc1ccc2c([C@H](N3CC(C)(C)C(=O)N3)C(F)(F)F)cccc2c1. The van der Waals surface area contributed by atoms with E-state index in [4.69, 9.17) is 4.74 Å². The number of halogens is 3. The molecule has 2 aromatic rings. The molecule has 0 unspecified atom stereocenters. The number of hydrogen-bond acceptors (Lipinski definition) is 3. The third-order valence-corrected chi connectivity index (χ3v) is 4.46. The van der Waals surface area contributed by atoms with Crippen molar-refractivity contribution in [2.75, 3.05) is 13.7 Å². The van der Waals surface area contributed by atoms with Crippen molar-refractivity contribution in [1.82, 2.24) is 10.4 Å². The predicted molar refractivity (Wildman–Crippen MR) is 87.9 cm³/mol. The standard InChI is InChI=1S/C18H19F3N2O2/c1-17(2)10-23(22-16(17)24)15(18(19,20)21)14-6-4-5-11-9-12(25-3)7-8-13(11)14/h4-9,15H,10H2,1-3H3,(H,22,24)/t15-/m0/s1. The Kier molecular flexibility index (Phi) is 4.15. The first-order valence-electron chi connectivity index (χ1n) is 7.84. The highest BCUT2D eigenvalue weighted by Crippen LogP contribution is 2.43. The summed E-state index contributed by atoms with van der Waals surface area (Å²) >= 11 is 0. The molecule has 134 valence electrons. The highest BCUT2D eigenvalue weighted by molar-refractivity contribution is 5.88. The Bertz CT molecular complexity index is 818. The molecule has 1 fully saturated rings. The van der Waals surface area contributed by atoms with Crippen molar-refractivity contribution in [3.05, 3.63) is 42.0 Å². The van der Waals surface area contributed by atoms with Crippen LogP contribution in [0.4, 0.5) is 13.2 Å². The molecule has 1 N–H and O–H groups in total. The van der Waals surface area contributed by atoms with Crippen LogP contribution in [0.1, 0.15) is 25.5 Å². The summed E-state index contributed by atoms with van der Waals surface area (Å²) < 4.78 is 46.8. The van der Waals surface area contributed by atoms with Crippen molar-refractivity contribution in [2.45, 2.75) is 26.1 Å². The number of nitrogens with zero attached hydrogens (tertiary/aromatic N) is 1. The molecule has 1 heterocycles. The zero-order chi connectivity index (χ0) is 18.4. The monoisotopic (exact) mass is 352 g/mol. The summed E-state index contributed by atoms with van der Waals surface area (Å²) in [5.41, 5.74) is 1.61. The fourth-order valence-electron chi connectivity index (χ4n) is 3.15. The second-order valence-corrected chi connectivity index (χ2v) is 6.83. The van der Waals surface area contributed by atoms with E-state index < -0.39 is 23.5 Å². The highest BCUT2D eigenvalue weighted by Gasteiger charge is 2.51. The van der Waals surface area contributed by atoms with E-state index in [1.54, 1.807) is 44.2 Å².